The van der Waals surface area contributed by atoms with E-state index in [-0.39, 0.29) is 34.7 Å². The molecule has 1 aromatic heterocycles. The van der Waals surface area contributed by atoms with Gasteiger partial charge in [0.05, 0.1) is 11.4 Å². The quantitative estimate of drug-likeness (QED) is 0.301. The first kappa shape index (κ1) is 34.1. The molecule has 3 aliphatic carbocycles. The number of rotatable bonds is 6. The molecule has 2 aromatic rings. The molecule has 0 radical (unpaired) electrons. The molecule has 4 fully saturated rings. The molecule has 3 atom stereocenters. The molecule has 11 heteroatoms. The molecule has 5 aliphatic rings. The Balaban J connectivity index is 0.970. The van der Waals surface area contributed by atoms with Gasteiger partial charge in [0.15, 0.2) is 0 Å². The molecule has 2 saturated heterocycles. The average molecular weight is 810 g/mol. The van der Waals surface area contributed by atoms with E-state index >= 15 is 0 Å². The zero-order valence-corrected chi connectivity index (χ0v) is 32.0. The van der Waals surface area contributed by atoms with Crippen molar-refractivity contribution in [2.75, 3.05) is 31.9 Å². The molecular formula is C36H44Br2ClN3O4S. The van der Waals surface area contributed by atoms with Gasteiger partial charge >= 0.3 is 0 Å². The summed E-state index contributed by atoms with van der Waals surface area (Å²) in [6.07, 6.45) is 9.49. The Hall–Kier alpha value is -1.33. The standard InChI is InChI=1S/C36H44Br2ClN3O4S/c1-35(2)26-5-10-36(35,30(43)18-26)21-47(45,46)42-13-6-22(7-14-42)15-31(44)41-11-8-23(9-12-41)33-32-24(17-28(39)19-29(32)38)3-4-25-16-27(37)20-40-34(25)33/h16-17,19-20,22-23,26,33H,3-15,18,21H2,1-2H3/t26?,33-,36?/m1/s1. The Kier molecular flexibility index (Phi) is 9.28. The third kappa shape index (κ3) is 6.08. The Morgan fingerprint density at radius 1 is 1.00 bits per heavy atom. The van der Waals surface area contributed by atoms with Crippen molar-refractivity contribution in [1.29, 1.82) is 0 Å². The number of amides is 1. The molecule has 47 heavy (non-hydrogen) atoms. The van der Waals surface area contributed by atoms with Crippen LogP contribution in [0.15, 0.2) is 33.3 Å². The van der Waals surface area contributed by atoms with E-state index in [1.54, 1.807) is 4.31 Å². The fourth-order valence-electron chi connectivity index (χ4n) is 9.79. The Bertz CT molecular complexity index is 1700. The van der Waals surface area contributed by atoms with Crippen LogP contribution >= 0.6 is 43.5 Å². The Morgan fingerprint density at radius 2 is 1.70 bits per heavy atom. The first-order valence-electron chi connectivity index (χ1n) is 17.2. The van der Waals surface area contributed by atoms with Crippen molar-refractivity contribution in [2.24, 2.45) is 28.6 Å². The maximum absolute atomic E-state index is 13.6. The van der Waals surface area contributed by atoms with Crippen LogP contribution in [0.25, 0.3) is 0 Å². The summed E-state index contributed by atoms with van der Waals surface area (Å²) in [4.78, 5) is 33.5. The summed E-state index contributed by atoms with van der Waals surface area (Å²) in [6, 6.07) is 6.29. The molecule has 1 aromatic carbocycles. The lowest BCUT2D eigenvalue weighted by Gasteiger charge is -2.39. The number of hydrogen-bond acceptors (Lipinski definition) is 5. The number of Topliss-reactive ketones (excluding diaryl/α,β-unsaturated/α-hetero) is 1. The van der Waals surface area contributed by atoms with E-state index in [1.165, 1.54) is 16.7 Å². The van der Waals surface area contributed by atoms with Crippen LogP contribution in [0.3, 0.4) is 0 Å². The van der Waals surface area contributed by atoms with Gasteiger partial charge in [-0.05, 0) is 125 Å². The van der Waals surface area contributed by atoms with Gasteiger partial charge < -0.3 is 4.90 Å². The number of ketones is 1. The van der Waals surface area contributed by atoms with Crippen molar-refractivity contribution in [3.8, 4) is 0 Å². The fourth-order valence-corrected chi connectivity index (χ4v) is 13.5. The number of halogens is 3. The van der Waals surface area contributed by atoms with Gasteiger partial charge in [-0.25, -0.2) is 12.7 Å². The van der Waals surface area contributed by atoms with Gasteiger partial charge in [-0.1, -0.05) is 41.4 Å². The number of aryl methyl sites for hydroxylation is 2. The van der Waals surface area contributed by atoms with Gasteiger partial charge in [0.2, 0.25) is 15.9 Å². The van der Waals surface area contributed by atoms with Crippen LogP contribution in [-0.2, 0) is 32.5 Å². The molecule has 0 spiro atoms. The first-order chi connectivity index (χ1) is 22.3. The van der Waals surface area contributed by atoms with Crippen molar-refractivity contribution >= 4 is 65.2 Å². The number of sulfonamides is 1. The highest BCUT2D eigenvalue weighted by Crippen LogP contribution is 2.64. The largest absolute Gasteiger partial charge is 0.343 e. The highest BCUT2D eigenvalue weighted by molar-refractivity contribution is 9.10. The highest BCUT2D eigenvalue weighted by atomic mass is 79.9. The van der Waals surface area contributed by atoms with Gasteiger partial charge in [0.1, 0.15) is 5.78 Å². The lowest BCUT2D eigenvalue weighted by atomic mass is 9.70. The molecule has 3 heterocycles. The van der Waals surface area contributed by atoms with Gasteiger partial charge in [0.25, 0.3) is 0 Å². The number of fused-ring (bicyclic) bond motifs is 4. The number of piperidine rings is 2. The second kappa shape index (κ2) is 12.8. The summed E-state index contributed by atoms with van der Waals surface area (Å²) in [5.74, 6) is 1.20. The molecule has 2 aliphatic heterocycles. The number of pyridine rings is 1. The van der Waals surface area contributed by atoms with Crippen LogP contribution < -0.4 is 0 Å². The minimum Gasteiger partial charge on any atom is -0.343 e. The number of likely N-dealkylation sites (tertiary alicyclic amines) is 1. The van der Waals surface area contributed by atoms with Gasteiger partial charge in [-0.2, -0.15) is 0 Å². The summed E-state index contributed by atoms with van der Waals surface area (Å²) in [5, 5.41) is 0.734. The van der Waals surface area contributed by atoms with E-state index in [0.29, 0.717) is 70.1 Å². The summed E-state index contributed by atoms with van der Waals surface area (Å²) in [7, 11) is -3.56. The smallest absolute Gasteiger partial charge is 0.222 e. The van der Waals surface area contributed by atoms with Crippen molar-refractivity contribution in [3.63, 3.8) is 0 Å². The minimum absolute atomic E-state index is 0.0623. The zero-order chi connectivity index (χ0) is 33.3. The van der Waals surface area contributed by atoms with Crippen LogP contribution in [0, 0.1) is 28.6 Å². The van der Waals surface area contributed by atoms with Gasteiger partial charge in [0, 0.05) is 70.5 Å². The third-order valence-corrected chi connectivity index (χ3v) is 16.1. The second-order valence-corrected chi connectivity index (χ2v) is 19.5. The number of hydrogen-bond donors (Lipinski definition) is 0. The summed E-state index contributed by atoms with van der Waals surface area (Å²) < 4.78 is 30.8. The van der Waals surface area contributed by atoms with Crippen molar-refractivity contribution in [1.82, 2.24) is 14.2 Å². The number of carbonyl (C=O) groups is 2. The molecule has 254 valence electrons. The van der Waals surface area contributed by atoms with Crippen LogP contribution in [0.2, 0.25) is 5.02 Å². The predicted octanol–water partition coefficient (Wildman–Crippen LogP) is 7.56. The summed E-state index contributed by atoms with van der Waals surface area (Å²) >= 11 is 14.0. The number of aromatic nitrogens is 1. The average Bonchev–Trinajstić information content (AvgIpc) is 3.27. The normalized spacial score (nSPS) is 28.3. The maximum Gasteiger partial charge on any atom is 0.222 e. The molecule has 2 saturated carbocycles. The highest BCUT2D eigenvalue weighted by Gasteiger charge is 2.65. The van der Waals surface area contributed by atoms with E-state index in [2.05, 4.69) is 57.8 Å². The fraction of sp³-hybridized carbons (Fsp3) is 0.639. The topological polar surface area (TPSA) is 87.7 Å². The predicted molar refractivity (Wildman–Crippen MR) is 191 cm³/mol. The van der Waals surface area contributed by atoms with Crippen LogP contribution in [0.4, 0.5) is 0 Å². The second-order valence-electron chi connectivity index (χ2n) is 15.3. The Labute approximate surface area is 300 Å². The number of nitrogens with zero attached hydrogens (tertiary/aromatic N) is 3. The van der Waals surface area contributed by atoms with Crippen molar-refractivity contribution in [3.05, 3.63) is 60.7 Å². The van der Waals surface area contributed by atoms with E-state index in [4.69, 9.17) is 16.6 Å². The monoisotopic (exact) mass is 807 g/mol. The molecule has 2 bridgehead atoms. The van der Waals surface area contributed by atoms with Crippen LogP contribution in [0.5, 0.6) is 0 Å². The minimum atomic E-state index is -3.56. The molecular weight excluding hydrogens is 766 g/mol. The van der Waals surface area contributed by atoms with Crippen molar-refractivity contribution < 1.29 is 18.0 Å². The van der Waals surface area contributed by atoms with Gasteiger partial charge in [-0.15, -0.1) is 0 Å². The maximum atomic E-state index is 13.6. The lowest BCUT2D eigenvalue weighted by molar-refractivity contribution is -0.134. The molecule has 0 N–H and O–H groups in total. The van der Waals surface area contributed by atoms with E-state index < -0.39 is 15.4 Å². The third-order valence-electron chi connectivity index (χ3n) is 12.8. The zero-order valence-electron chi connectivity index (χ0n) is 27.2. The van der Waals surface area contributed by atoms with E-state index in [9.17, 15) is 18.0 Å². The summed E-state index contributed by atoms with van der Waals surface area (Å²) in [5.41, 5.74) is 3.93. The van der Waals surface area contributed by atoms with E-state index in [1.807, 2.05) is 17.2 Å². The SMILES string of the molecule is CC1(C)C2CCC1(CS(=O)(=O)N1CCC(CC(=O)N3CCC([C@H]4c5ncc(Br)cc5CCc5cc(Cl)cc(Br)c54)CC3)CC1)C(=O)C2. The van der Waals surface area contributed by atoms with Crippen LogP contribution in [0.1, 0.15) is 93.5 Å². The lowest BCUT2D eigenvalue weighted by Crippen LogP contribution is -2.48. The molecule has 7 nitrogen and oxygen atoms in total. The molecule has 2 unspecified atom stereocenters. The van der Waals surface area contributed by atoms with Crippen LogP contribution in [-0.4, -0.2) is 66.2 Å². The van der Waals surface area contributed by atoms with E-state index in [0.717, 1.165) is 51.8 Å². The van der Waals surface area contributed by atoms with Gasteiger partial charge in [-0.3, -0.25) is 14.6 Å². The molecule has 7 rings (SSSR count). The van der Waals surface area contributed by atoms with Crippen molar-refractivity contribution in [2.45, 2.75) is 84.0 Å². The first-order valence-corrected chi connectivity index (χ1v) is 20.8. The molecule has 1 amide bonds. The number of carbonyl (C=O) groups excluding carboxylic acids is 2. The Morgan fingerprint density at radius 3 is 2.36 bits per heavy atom. The number of benzene rings is 1. The summed E-state index contributed by atoms with van der Waals surface area (Å²) in [6.45, 7) is 6.47.